The standard InChI is InChI=1S/C30H34ClF3N6O4/c1-19(41)38-15-10-22(11-16-38)44-24-7-4-6-23-27(24)40(21-5-2-3-14-39(18-21)26(42)8-12-31)29(36-23)37-28(43)20-9-13-35-25(17-20)30(32,33)34/h4,6-7,9,13,17,21-22H,2-3,5,8,10-12,14-16,18H2,1H3,(H,36,37,43)/t21-/m1/s1. The number of fused-ring (bicyclic) bond motifs is 1. The van der Waals surface area contributed by atoms with Crippen molar-refractivity contribution in [3.63, 3.8) is 0 Å². The van der Waals surface area contributed by atoms with E-state index in [0.29, 0.717) is 68.3 Å². The number of para-hydroxylation sites is 1. The van der Waals surface area contributed by atoms with Crippen molar-refractivity contribution in [3.8, 4) is 5.75 Å². The van der Waals surface area contributed by atoms with E-state index in [4.69, 9.17) is 16.3 Å². The number of ether oxygens (including phenoxy) is 1. The van der Waals surface area contributed by atoms with Crippen molar-refractivity contribution in [3.05, 3.63) is 47.8 Å². The molecule has 2 aliphatic heterocycles. The van der Waals surface area contributed by atoms with Gasteiger partial charge in [0.05, 0.1) is 11.6 Å². The summed E-state index contributed by atoms with van der Waals surface area (Å²) in [5, 5.41) is 2.72. The van der Waals surface area contributed by atoms with Crippen LogP contribution in [0.25, 0.3) is 11.0 Å². The summed E-state index contributed by atoms with van der Waals surface area (Å²) in [4.78, 5) is 49.6. The second kappa shape index (κ2) is 13.4. The minimum absolute atomic E-state index is 0.0159. The van der Waals surface area contributed by atoms with E-state index >= 15 is 0 Å². The number of benzene rings is 1. The molecule has 14 heteroatoms. The number of anilines is 1. The SMILES string of the molecule is CC(=O)N1CCC(Oc2cccc3nc(NC(=O)c4ccnc(C(F)(F)F)c4)n([C@@H]4CCCCN(C(=O)CCCl)C4)c23)CC1. The molecule has 1 aromatic carbocycles. The third-order valence-corrected chi connectivity index (χ3v) is 8.25. The van der Waals surface area contributed by atoms with E-state index in [1.807, 2.05) is 10.6 Å². The number of aromatic nitrogens is 3. The number of hydrogen-bond acceptors (Lipinski definition) is 6. The summed E-state index contributed by atoms with van der Waals surface area (Å²) in [6.45, 7) is 3.59. The van der Waals surface area contributed by atoms with Gasteiger partial charge in [-0.25, -0.2) is 4.98 Å². The van der Waals surface area contributed by atoms with Crippen LogP contribution in [-0.2, 0) is 15.8 Å². The van der Waals surface area contributed by atoms with Crippen LogP contribution in [0, 0.1) is 0 Å². The van der Waals surface area contributed by atoms with Gasteiger partial charge in [0.25, 0.3) is 5.91 Å². The maximum Gasteiger partial charge on any atom is 0.433 e. The lowest BCUT2D eigenvalue weighted by Gasteiger charge is -2.32. The van der Waals surface area contributed by atoms with Crippen LogP contribution >= 0.6 is 11.6 Å². The number of imidazole rings is 1. The van der Waals surface area contributed by atoms with E-state index in [2.05, 4.69) is 15.3 Å². The van der Waals surface area contributed by atoms with Crippen LogP contribution < -0.4 is 10.1 Å². The second-order valence-corrected chi connectivity index (χ2v) is 11.4. The number of alkyl halides is 4. The lowest BCUT2D eigenvalue weighted by atomic mass is 10.1. The molecule has 0 saturated carbocycles. The predicted octanol–water partition coefficient (Wildman–Crippen LogP) is 5.27. The zero-order valence-corrected chi connectivity index (χ0v) is 25.0. The highest BCUT2D eigenvalue weighted by atomic mass is 35.5. The number of likely N-dealkylation sites (tertiary alicyclic amines) is 2. The second-order valence-electron chi connectivity index (χ2n) is 11.1. The lowest BCUT2D eigenvalue weighted by molar-refractivity contribution is -0.141. The van der Waals surface area contributed by atoms with E-state index in [1.165, 1.54) is 6.07 Å². The van der Waals surface area contributed by atoms with Crippen molar-refractivity contribution in [1.29, 1.82) is 0 Å². The molecule has 44 heavy (non-hydrogen) atoms. The Hall–Kier alpha value is -3.87. The average Bonchev–Trinajstić information content (AvgIpc) is 3.18. The summed E-state index contributed by atoms with van der Waals surface area (Å²) in [7, 11) is 0. The Bertz CT molecular complexity index is 1520. The van der Waals surface area contributed by atoms with E-state index < -0.39 is 17.8 Å². The van der Waals surface area contributed by atoms with Gasteiger partial charge in [0.15, 0.2) is 0 Å². The van der Waals surface area contributed by atoms with Crippen LogP contribution in [0.1, 0.15) is 67.5 Å². The molecule has 0 unspecified atom stereocenters. The Kier molecular flexibility index (Phi) is 9.62. The fraction of sp³-hybridized carbons (Fsp3) is 0.500. The van der Waals surface area contributed by atoms with Crippen LogP contribution in [0.4, 0.5) is 19.1 Å². The minimum atomic E-state index is -4.71. The van der Waals surface area contributed by atoms with Gasteiger partial charge in [0.2, 0.25) is 17.8 Å². The number of amides is 3. The first kappa shape index (κ1) is 31.6. The quantitative estimate of drug-likeness (QED) is 0.355. The Morgan fingerprint density at radius 2 is 1.84 bits per heavy atom. The van der Waals surface area contributed by atoms with Crippen LogP contribution in [-0.4, -0.2) is 80.2 Å². The number of nitrogens with one attached hydrogen (secondary N) is 1. The molecule has 4 heterocycles. The average molecular weight is 635 g/mol. The Labute approximate surface area is 257 Å². The van der Waals surface area contributed by atoms with Crippen molar-refractivity contribution < 1.29 is 32.3 Å². The lowest BCUT2D eigenvalue weighted by Crippen LogP contribution is -2.40. The molecule has 2 aliphatic rings. The van der Waals surface area contributed by atoms with Gasteiger partial charge < -0.3 is 19.1 Å². The molecular formula is C30H34ClF3N6O4. The first-order chi connectivity index (χ1) is 21.0. The van der Waals surface area contributed by atoms with Gasteiger partial charge in [0.1, 0.15) is 23.1 Å². The number of carbonyl (C=O) groups is 3. The van der Waals surface area contributed by atoms with E-state index in [-0.39, 0.29) is 47.8 Å². The summed E-state index contributed by atoms with van der Waals surface area (Å²) >= 11 is 5.87. The van der Waals surface area contributed by atoms with Crippen LogP contribution in [0.5, 0.6) is 5.75 Å². The summed E-state index contributed by atoms with van der Waals surface area (Å²) in [6, 6.07) is 6.96. The van der Waals surface area contributed by atoms with Crippen molar-refractivity contribution >= 4 is 46.3 Å². The van der Waals surface area contributed by atoms with Crippen molar-refractivity contribution in [2.75, 3.05) is 37.4 Å². The van der Waals surface area contributed by atoms with Crippen LogP contribution in [0.3, 0.4) is 0 Å². The fourth-order valence-corrected chi connectivity index (χ4v) is 5.98. The van der Waals surface area contributed by atoms with Gasteiger partial charge in [-0.05, 0) is 43.5 Å². The van der Waals surface area contributed by atoms with Crippen LogP contribution in [0.2, 0.25) is 0 Å². The largest absolute Gasteiger partial charge is 0.488 e. The predicted molar refractivity (Wildman–Crippen MR) is 158 cm³/mol. The Balaban J connectivity index is 1.53. The summed E-state index contributed by atoms with van der Waals surface area (Å²) in [5.74, 6) is 0.0191. The minimum Gasteiger partial charge on any atom is -0.488 e. The molecule has 1 N–H and O–H groups in total. The topological polar surface area (TPSA) is 110 Å². The number of carbonyl (C=O) groups excluding carboxylic acids is 3. The van der Waals surface area contributed by atoms with Gasteiger partial charge in [-0.1, -0.05) is 6.07 Å². The summed E-state index contributed by atoms with van der Waals surface area (Å²) in [6.07, 6.45) is -0.209. The third kappa shape index (κ3) is 7.09. The smallest absolute Gasteiger partial charge is 0.433 e. The molecule has 2 saturated heterocycles. The van der Waals surface area contributed by atoms with E-state index in [1.54, 1.807) is 28.9 Å². The highest BCUT2D eigenvalue weighted by Crippen LogP contribution is 2.36. The fourth-order valence-electron chi connectivity index (χ4n) is 5.82. The molecule has 3 aromatic rings. The van der Waals surface area contributed by atoms with Gasteiger partial charge in [-0.2, -0.15) is 13.2 Å². The highest BCUT2D eigenvalue weighted by molar-refractivity contribution is 6.18. The first-order valence-corrected chi connectivity index (χ1v) is 15.2. The summed E-state index contributed by atoms with van der Waals surface area (Å²) in [5.41, 5.74) is -0.270. The van der Waals surface area contributed by atoms with Crippen molar-refractivity contribution in [1.82, 2.24) is 24.3 Å². The zero-order chi connectivity index (χ0) is 31.4. The number of piperidine rings is 1. The van der Waals surface area contributed by atoms with Gasteiger partial charge in [0, 0.05) is 70.0 Å². The molecule has 3 amide bonds. The molecule has 0 bridgehead atoms. The van der Waals surface area contributed by atoms with E-state index in [0.717, 1.165) is 19.0 Å². The molecule has 0 radical (unpaired) electrons. The molecular weight excluding hydrogens is 601 g/mol. The summed E-state index contributed by atoms with van der Waals surface area (Å²) < 4.78 is 48.3. The van der Waals surface area contributed by atoms with Crippen LogP contribution in [0.15, 0.2) is 36.5 Å². The molecule has 5 rings (SSSR count). The number of rotatable bonds is 7. The molecule has 1 atom stereocenters. The van der Waals surface area contributed by atoms with Gasteiger partial charge in [-0.15, -0.1) is 11.6 Å². The van der Waals surface area contributed by atoms with Crippen molar-refractivity contribution in [2.45, 2.75) is 63.8 Å². The first-order valence-electron chi connectivity index (χ1n) is 14.7. The molecule has 2 aromatic heterocycles. The number of hydrogen-bond donors (Lipinski definition) is 1. The molecule has 0 spiro atoms. The maximum atomic E-state index is 13.3. The van der Waals surface area contributed by atoms with E-state index in [9.17, 15) is 27.6 Å². The Morgan fingerprint density at radius 1 is 1.07 bits per heavy atom. The monoisotopic (exact) mass is 634 g/mol. The molecule has 2 fully saturated rings. The number of pyridine rings is 1. The molecule has 0 aliphatic carbocycles. The van der Waals surface area contributed by atoms with Gasteiger partial charge in [-0.3, -0.25) is 24.7 Å². The maximum absolute atomic E-state index is 13.3. The Morgan fingerprint density at radius 3 is 2.55 bits per heavy atom. The highest BCUT2D eigenvalue weighted by Gasteiger charge is 2.34. The normalized spacial score (nSPS) is 18.2. The third-order valence-electron chi connectivity index (χ3n) is 8.06. The molecule has 236 valence electrons. The molecule has 10 nitrogen and oxygen atoms in total. The number of nitrogens with zero attached hydrogens (tertiary/aromatic N) is 5. The number of halogens is 4. The van der Waals surface area contributed by atoms with Gasteiger partial charge >= 0.3 is 6.18 Å². The van der Waals surface area contributed by atoms with Crippen molar-refractivity contribution in [2.24, 2.45) is 0 Å². The zero-order valence-electron chi connectivity index (χ0n) is 24.3.